The monoisotopic (exact) mass is 253 g/mol. The summed E-state index contributed by atoms with van der Waals surface area (Å²) in [6.45, 7) is 1.66. The molecule has 0 amide bonds. The van der Waals surface area contributed by atoms with Gasteiger partial charge in [-0.25, -0.2) is 9.97 Å². The molecule has 2 aromatic heterocycles. The highest BCUT2D eigenvalue weighted by Gasteiger charge is 2.18. The molecule has 0 aliphatic carbocycles. The number of hydrogen-bond acceptors (Lipinski definition) is 5. The van der Waals surface area contributed by atoms with Crippen LogP contribution in [0.3, 0.4) is 0 Å². The van der Waals surface area contributed by atoms with Gasteiger partial charge in [0.1, 0.15) is 5.82 Å². The molecule has 4 N–H and O–H groups in total. The zero-order valence-electron chi connectivity index (χ0n) is 9.01. The van der Waals surface area contributed by atoms with Gasteiger partial charge in [-0.05, 0) is 19.1 Å². The summed E-state index contributed by atoms with van der Waals surface area (Å²) in [6.07, 6.45) is 2.68. The van der Waals surface area contributed by atoms with Crippen molar-refractivity contribution < 1.29 is 8.42 Å². The van der Waals surface area contributed by atoms with Gasteiger partial charge >= 0.3 is 0 Å². The van der Waals surface area contributed by atoms with Gasteiger partial charge in [-0.2, -0.15) is 8.42 Å². The molecule has 0 saturated carbocycles. The van der Waals surface area contributed by atoms with E-state index in [9.17, 15) is 8.42 Å². The first-order valence-electron chi connectivity index (χ1n) is 4.74. The maximum Gasteiger partial charge on any atom is 0.280 e. The molecule has 0 unspecified atom stereocenters. The third-order valence-electron chi connectivity index (χ3n) is 2.04. The minimum Gasteiger partial charge on any atom is -0.396 e. The van der Waals surface area contributed by atoms with Gasteiger partial charge in [0.15, 0.2) is 10.8 Å². The number of nitrogens with one attached hydrogen (secondary N) is 2. The van der Waals surface area contributed by atoms with E-state index in [1.54, 1.807) is 19.1 Å². The second-order valence-electron chi connectivity index (χ2n) is 3.38. The van der Waals surface area contributed by atoms with Crippen molar-refractivity contribution in [2.75, 3.05) is 10.5 Å². The highest BCUT2D eigenvalue weighted by Crippen LogP contribution is 2.17. The molecule has 0 radical (unpaired) electrons. The largest absolute Gasteiger partial charge is 0.396 e. The maximum atomic E-state index is 11.9. The Hall–Kier alpha value is -2.09. The van der Waals surface area contributed by atoms with Crippen LogP contribution < -0.4 is 10.5 Å². The molecule has 90 valence electrons. The number of aromatic nitrogens is 3. The predicted molar refractivity (Wildman–Crippen MR) is 62.8 cm³/mol. The standard InChI is InChI=1S/C9H11N5O2S/c1-6-12-5-8(13-6)17(15,16)14-9-7(10)3-2-4-11-9/h2-5H,10H2,1H3,(H,11,14)(H,12,13). The fraction of sp³-hybridized carbons (Fsp3) is 0.111. The first-order chi connectivity index (χ1) is 7.99. The maximum absolute atomic E-state index is 11.9. The lowest BCUT2D eigenvalue weighted by molar-refractivity contribution is 0.598. The number of hydrogen-bond donors (Lipinski definition) is 3. The lowest BCUT2D eigenvalue weighted by Crippen LogP contribution is -2.15. The molecule has 0 saturated heterocycles. The molecule has 7 nitrogen and oxygen atoms in total. The van der Waals surface area contributed by atoms with Gasteiger partial charge < -0.3 is 10.7 Å². The van der Waals surface area contributed by atoms with Crippen molar-refractivity contribution in [1.29, 1.82) is 0 Å². The average molecular weight is 253 g/mol. The molecule has 0 aliphatic rings. The lowest BCUT2D eigenvalue weighted by Gasteiger charge is -2.06. The van der Waals surface area contributed by atoms with E-state index in [-0.39, 0.29) is 16.5 Å². The Labute approximate surface area is 98.2 Å². The molecule has 2 rings (SSSR count). The Balaban J connectivity index is 2.33. The summed E-state index contributed by atoms with van der Waals surface area (Å²) in [5.74, 6) is 0.610. The van der Waals surface area contributed by atoms with Crippen molar-refractivity contribution in [2.45, 2.75) is 11.9 Å². The quantitative estimate of drug-likeness (QED) is 0.736. The molecule has 17 heavy (non-hydrogen) atoms. The van der Waals surface area contributed by atoms with Crippen LogP contribution in [0.15, 0.2) is 29.6 Å². The third-order valence-corrected chi connectivity index (χ3v) is 3.29. The molecule has 0 bridgehead atoms. The topological polar surface area (TPSA) is 114 Å². The molecule has 8 heteroatoms. The number of nitrogens with zero attached hydrogens (tertiary/aromatic N) is 2. The number of H-pyrrole nitrogens is 1. The van der Waals surface area contributed by atoms with Crippen LogP contribution in [0.4, 0.5) is 11.5 Å². The van der Waals surface area contributed by atoms with E-state index >= 15 is 0 Å². The second-order valence-corrected chi connectivity index (χ2v) is 5.03. The van der Waals surface area contributed by atoms with Crippen molar-refractivity contribution in [1.82, 2.24) is 15.0 Å². The number of sulfonamides is 1. The number of imidazole rings is 1. The van der Waals surface area contributed by atoms with E-state index in [1.807, 2.05) is 0 Å². The SMILES string of the molecule is Cc1ncc(S(=O)(=O)Nc2ncccc2N)[nH]1. The molecule has 0 aromatic carbocycles. The van der Waals surface area contributed by atoms with Gasteiger partial charge in [-0.1, -0.05) is 0 Å². The van der Waals surface area contributed by atoms with E-state index in [2.05, 4.69) is 19.7 Å². The second kappa shape index (κ2) is 4.06. The molecule has 0 aliphatic heterocycles. The number of aromatic amines is 1. The summed E-state index contributed by atoms with van der Waals surface area (Å²) < 4.78 is 26.1. The van der Waals surface area contributed by atoms with Crippen LogP contribution in [-0.2, 0) is 10.0 Å². The van der Waals surface area contributed by atoms with Crippen molar-refractivity contribution in [3.8, 4) is 0 Å². The Morgan fingerprint density at radius 2 is 2.18 bits per heavy atom. The number of nitrogen functional groups attached to an aromatic ring is 1. The Morgan fingerprint density at radius 3 is 2.76 bits per heavy atom. The van der Waals surface area contributed by atoms with Gasteiger partial charge in [0.25, 0.3) is 10.0 Å². The summed E-state index contributed by atoms with van der Waals surface area (Å²) in [6, 6.07) is 3.18. The fourth-order valence-electron chi connectivity index (χ4n) is 1.22. The van der Waals surface area contributed by atoms with Crippen LogP contribution in [0.1, 0.15) is 5.82 Å². The zero-order chi connectivity index (χ0) is 12.5. The summed E-state index contributed by atoms with van der Waals surface area (Å²) in [5.41, 5.74) is 5.85. The van der Waals surface area contributed by atoms with Crippen molar-refractivity contribution in [3.05, 3.63) is 30.4 Å². The van der Waals surface area contributed by atoms with Crippen LogP contribution in [-0.4, -0.2) is 23.4 Å². The summed E-state index contributed by atoms with van der Waals surface area (Å²) >= 11 is 0. The normalized spacial score (nSPS) is 11.4. The summed E-state index contributed by atoms with van der Waals surface area (Å²) in [7, 11) is -3.73. The molecule has 0 spiro atoms. The summed E-state index contributed by atoms with van der Waals surface area (Å²) in [4.78, 5) is 10.3. The van der Waals surface area contributed by atoms with Crippen LogP contribution in [0, 0.1) is 6.92 Å². The van der Waals surface area contributed by atoms with Gasteiger partial charge in [0, 0.05) is 6.20 Å². The van der Waals surface area contributed by atoms with Crippen LogP contribution in [0.5, 0.6) is 0 Å². The summed E-state index contributed by atoms with van der Waals surface area (Å²) in [5, 5.41) is -0.0277. The molecule has 2 aromatic rings. The van der Waals surface area contributed by atoms with Gasteiger partial charge in [-0.15, -0.1) is 0 Å². The smallest absolute Gasteiger partial charge is 0.280 e. The van der Waals surface area contributed by atoms with Crippen LogP contribution in [0.2, 0.25) is 0 Å². The minimum atomic E-state index is -3.73. The van der Waals surface area contributed by atoms with Gasteiger partial charge in [0.05, 0.1) is 11.9 Å². The highest BCUT2D eigenvalue weighted by atomic mass is 32.2. The Morgan fingerprint density at radius 1 is 1.41 bits per heavy atom. The number of anilines is 2. The number of nitrogens with two attached hydrogens (primary N) is 1. The third kappa shape index (κ3) is 2.36. The van der Waals surface area contributed by atoms with E-state index in [0.29, 0.717) is 5.82 Å². The predicted octanol–water partition coefficient (Wildman–Crippen LogP) is 0.496. The first-order valence-corrected chi connectivity index (χ1v) is 6.22. The molecule has 0 atom stereocenters. The number of pyridine rings is 1. The lowest BCUT2D eigenvalue weighted by atomic mass is 10.4. The Bertz CT molecular complexity index is 634. The van der Waals surface area contributed by atoms with E-state index in [0.717, 1.165) is 0 Å². The van der Waals surface area contributed by atoms with Crippen molar-refractivity contribution in [3.63, 3.8) is 0 Å². The van der Waals surface area contributed by atoms with Crippen molar-refractivity contribution >= 4 is 21.5 Å². The average Bonchev–Trinajstić information content (AvgIpc) is 2.69. The first kappa shape index (κ1) is 11.4. The molecule has 0 fully saturated rings. The zero-order valence-corrected chi connectivity index (χ0v) is 9.82. The molecule has 2 heterocycles. The van der Waals surface area contributed by atoms with Crippen LogP contribution >= 0.6 is 0 Å². The minimum absolute atomic E-state index is 0.0277. The van der Waals surface area contributed by atoms with E-state index < -0.39 is 10.0 Å². The van der Waals surface area contributed by atoms with Crippen LogP contribution in [0.25, 0.3) is 0 Å². The molecular formula is C9H11N5O2S. The van der Waals surface area contributed by atoms with Gasteiger partial charge in [0.2, 0.25) is 0 Å². The van der Waals surface area contributed by atoms with Crippen molar-refractivity contribution in [2.24, 2.45) is 0 Å². The van der Waals surface area contributed by atoms with E-state index in [4.69, 9.17) is 5.73 Å². The highest BCUT2D eigenvalue weighted by molar-refractivity contribution is 7.92. The number of aryl methyl sites for hydroxylation is 1. The van der Waals surface area contributed by atoms with E-state index in [1.165, 1.54) is 12.4 Å². The number of rotatable bonds is 3. The van der Waals surface area contributed by atoms with Gasteiger partial charge in [-0.3, -0.25) is 4.72 Å². The Kier molecular flexibility index (Phi) is 2.72. The fourth-order valence-corrected chi connectivity index (χ4v) is 2.23. The molecular weight excluding hydrogens is 242 g/mol.